The molecule has 1 N–H and O–H groups in total. The van der Waals surface area contributed by atoms with Crippen molar-refractivity contribution in [1.29, 1.82) is 0 Å². The molecule has 0 bridgehead atoms. The van der Waals surface area contributed by atoms with Gasteiger partial charge in [-0.25, -0.2) is 4.39 Å². The van der Waals surface area contributed by atoms with Gasteiger partial charge in [0.25, 0.3) is 0 Å². The molecule has 0 fully saturated rings. The second kappa shape index (κ2) is 8.34. The van der Waals surface area contributed by atoms with Gasteiger partial charge in [-0.05, 0) is 60.4 Å². The lowest BCUT2D eigenvalue weighted by Gasteiger charge is -2.08. The van der Waals surface area contributed by atoms with Crippen LogP contribution in [0.2, 0.25) is 0 Å². The van der Waals surface area contributed by atoms with Crippen LogP contribution in [0.15, 0.2) is 61.1 Å². The number of benzene rings is 1. The Kier molecular flexibility index (Phi) is 5.69. The first-order valence-electron chi connectivity index (χ1n) is 8.49. The van der Waals surface area contributed by atoms with Crippen molar-refractivity contribution in [1.82, 2.24) is 15.3 Å². The average Bonchev–Trinajstić information content (AvgIpc) is 2.68. The number of rotatable bonds is 6. The number of hydrogen-bond donors (Lipinski definition) is 1. The molecule has 0 saturated carbocycles. The highest BCUT2D eigenvalue weighted by Gasteiger charge is 2.06. The van der Waals surface area contributed by atoms with Gasteiger partial charge in [0.05, 0.1) is 5.69 Å². The van der Waals surface area contributed by atoms with E-state index in [1.165, 1.54) is 6.07 Å². The fourth-order valence-electron chi connectivity index (χ4n) is 2.60. The molecule has 132 valence electrons. The number of nitrogens with one attached hydrogen (secondary N) is 1. The van der Waals surface area contributed by atoms with E-state index in [1.807, 2.05) is 30.3 Å². The van der Waals surface area contributed by atoms with E-state index in [9.17, 15) is 9.18 Å². The van der Waals surface area contributed by atoms with Crippen molar-refractivity contribution in [2.24, 2.45) is 0 Å². The minimum Gasteiger partial charge on any atom is -0.352 e. The van der Waals surface area contributed by atoms with Gasteiger partial charge in [0.1, 0.15) is 5.82 Å². The van der Waals surface area contributed by atoms with Gasteiger partial charge >= 0.3 is 0 Å². The molecule has 0 unspecified atom stereocenters. The zero-order valence-electron chi connectivity index (χ0n) is 14.6. The van der Waals surface area contributed by atoms with Crippen LogP contribution in [0.5, 0.6) is 0 Å². The first-order valence-corrected chi connectivity index (χ1v) is 8.49. The predicted octanol–water partition coefficient (Wildman–Crippen LogP) is 3.84. The van der Waals surface area contributed by atoms with Crippen LogP contribution < -0.4 is 5.32 Å². The standard InChI is InChI=1S/C21H20FN3O/c1-15-2-3-16(12-19(15)22)4-5-21(26)25-14-17-6-11-24-20(13-17)18-7-9-23-10-8-18/h2-3,6-13H,4-5,14H2,1H3,(H,25,26). The fraction of sp³-hybridized carbons (Fsp3) is 0.190. The highest BCUT2D eigenvalue weighted by molar-refractivity contribution is 5.76. The van der Waals surface area contributed by atoms with Crippen molar-refractivity contribution >= 4 is 5.91 Å². The summed E-state index contributed by atoms with van der Waals surface area (Å²) in [6, 6.07) is 12.7. The monoisotopic (exact) mass is 349 g/mol. The fourth-order valence-corrected chi connectivity index (χ4v) is 2.60. The van der Waals surface area contributed by atoms with Gasteiger partial charge in [-0.15, -0.1) is 0 Å². The summed E-state index contributed by atoms with van der Waals surface area (Å²) >= 11 is 0. The quantitative estimate of drug-likeness (QED) is 0.736. The number of amides is 1. The Morgan fingerprint density at radius 2 is 1.85 bits per heavy atom. The number of hydrogen-bond acceptors (Lipinski definition) is 3. The van der Waals surface area contributed by atoms with Gasteiger partial charge in [-0.1, -0.05) is 12.1 Å². The molecule has 0 spiro atoms. The summed E-state index contributed by atoms with van der Waals surface area (Å²) in [5.74, 6) is -0.295. The van der Waals surface area contributed by atoms with Crippen LogP contribution >= 0.6 is 0 Å². The Morgan fingerprint density at radius 1 is 1.04 bits per heavy atom. The number of aryl methyl sites for hydroxylation is 2. The first kappa shape index (κ1) is 17.7. The maximum absolute atomic E-state index is 13.5. The molecular weight excluding hydrogens is 329 g/mol. The molecule has 0 atom stereocenters. The number of nitrogens with zero attached hydrogens (tertiary/aromatic N) is 2. The Balaban J connectivity index is 1.54. The molecule has 2 heterocycles. The summed E-state index contributed by atoms with van der Waals surface area (Å²) < 4.78 is 13.5. The zero-order chi connectivity index (χ0) is 18.4. The van der Waals surface area contributed by atoms with Crippen molar-refractivity contribution in [3.63, 3.8) is 0 Å². The largest absolute Gasteiger partial charge is 0.352 e. The summed E-state index contributed by atoms with van der Waals surface area (Å²) in [5.41, 5.74) is 4.23. The predicted molar refractivity (Wildman–Crippen MR) is 98.8 cm³/mol. The third-order valence-electron chi connectivity index (χ3n) is 4.17. The molecule has 0 saturated heterocycles. The van der Waals surface area contributed by atoms with Crippen molar-refractivity contribution in [2.75, 3.05) is 0 Å². The summed E-state index contributed by atoms with van der Waals surface area (Å²) in [6.07, 6.45) is 6.01. The molecule has 1 aromatic carbocycles. The van der Waals surface area contributed by atoms with Crippen molar-refractivity contribution < 1.29 is 9.18 Å². The molecule has 26 heavy (non-hydrogen) atoms. The molecular formula is C21H20FN3O. The SMILES string of the molecule is Cc1ccc(CCC(=O)NCc2ccnc(-c3ccncc3)c2)cc1F. The van der Waals surface area contributed by atoms with E-state index in [0.717, 1.165) is 22.4 Å². The number of aromatic nitrogens is 2. The van der Waals surface area contributed by atoms with Crippen LogP contribution in [0.3, 0.4) is 0 Å². The van der Waals surface area contributed by atoms with Crippen LogP contribution in [-0.2, 0) is 17.8 Å². The molecule has 4 nitrogen and oxygen atoms in total. The normalized spacial score (nSPS) is 10.5. The molecule has 0 aliphatic heterocycles. The maximum atomic E-state index is 13.5. The molecule has 1 amide bonds. The van der Waals surface area contributed by atoms with E-state index >= 15 is 0 Å². The lowest BCUT2D eigenvalue weighted by Crippen LogP contribution is -2.23. The third-order valence-corrected chi connectivity index (χ3v) is 4.17. The van der Waals surface area contributed by atoms with Crippen LogP contribution in [0.1, 0.15) is 23.1 Å². The molecule has 3 rings (SSSR count). The van der Waals surface area contributed by atoms with E-state index in [-0.39, 0.29) is 11.7 Å². The Morgan fingerprint density at radius 3 is 2.62 bits per heavy atom. The summed E-state index contributed by atoms with van der Waals surface area (Å²) in [5, 5.41) is 2.90. The van der Waals surface area contributed by atoms with E-state index < -0.39 is 0 Å². The van der Waals surface area contributed by atoms with Gasteiger partial charge in [0.2, 0.25) is 5.91 Å². The van der Waals surface area contributed by atoms with Gasteiger partial charge in [0.15, 0.2) is 0 Å². The van der Waals surface area contributed by atoms with Crippen molar-refractivity contribution in [3.05, 3.63) is 83.6 Å². The molecule has 0 aliphatic carbocycles. The minimum atomic E-state index is -0.233. The smallest absolute Gasteiger partial charge is 0.220 e. The van der Waals surface area contributed by atoms with Crippen LogP contribution in [0, 0.1) is 12.7 Å². The number of halogens is 1. The highest BCUT2D eigenvalue weighted by atomic mass is 19.1. The average molecular weight is 349 g/mol. The maximum Gasteiger partial charge on any atom is 0.220 e. The van der Waals surface area contributed by atoms with Crippen LogP contribution in [-0.4, -0.2) is 15.9 Å². The van der Waals surface area contributed by atoms with Gasteiger partial charge < -0.3 is 5.32 Å². The van der Waals surface area contributed by atoms with Crippen molar-refractivity contribution in [3.8, 4) is 11.3 Å². The first-order chi connectivity index (χ1) is 12.6. The molecule has 3 aromatic rings. The van der Waals surface area contributed by atoms with E-state index in [0.29, 0.717) is 24.9 Å². The van der Waals surface area contributed by atoms with E-state index in [2.05, 4.69) is 15.3 Å². The molecule has 2 aromatic heterocycles. The Bertz CT molecular complexity index is 897. The van der Waals surface area contributed by atoms with Gasteiger partial charge in [0, 0.05) is 37.1 Å². The van der Waals surface area contributed by atoms with Gasteiger partial charge in [-0.3, -0.25) is 14.8 Å². The van der Waals surface area contributed by atoms with E-state index in [1.54, 1.807) is 31.6 Å². The summed E-state index contributed by atoms with van der Waals surface area (Å²) in [6.45, 7) is 2.16. The number of pyridine rings is 2. The molecule has 0 aliphatic rings. The van der Waals surface area contributed by atoms with Crippen LogP contribution in [0.4, 0.5) is 4.39 Å². The van der Waals surface area contributed by atoms with E-state index in [4.69, 9.17) is 0 Å². The zero-order valence-corrected chi connectivity index (χ0v) is 14.6. The highest BCUT2D eigenvalue weighted by Crippen LogP contribution is 2.16. The summed E-state index contributed by atoms with van der Waals surface area (Å²) in [4.78, 5) is 20.4. The second-order valence-electron chi connectivity index (χ2n) is 6.15. The topological polar surface area (TPSA) is 54.9 Å². The Labute approximate surface area is 152 Å². The minimum absolute atomic E-state index is 0.0618. The number of carbonyl (C=O) groups is 1. The van der Waals surface area contributed by atoms with Crippen LogP contribution in [0.25, 0.3) is 11.3 Å². The lowest BCUT2D eigenvalue weighted by molar-refractivity contribution is -0.121. The third kappa shape index (κ3) is 4.72. The second-order valence-corrected chi connectivity index (χ2v) is 6.15. The Hall–Kier alpha value is -3.08. The molecule has 5 heteroatoms. The molecule has 0 radical (unpaired) electrons. The summed E-state index contributed by atoms with van der Waals surface area (Å²) in [7, 11) is 0. The lowest BCUT2D eigenvalue weighted by atomic mass is 10.1. The van der Waals surface area contributed by atoms with Gasteiger partial charge in [-0.2, -0.15) is 0 Å². The van der Waals surface area contributed by atoms with Crippen molar-refractivity contribution in [2.45, 2.75) is 26.3 Å². The number of carbonyl (C=O) groups excluding carboxylic acids is 1.